The molecule has 0 amide bonds. The Balaban J connectivity index is 1.91. The summed E-state index contributed by atoms with van der Waals surface area (Å²) in [7, 11) is 1.94. The maximum atomic E-state index is 12.1. The SMILES string of the molecule is CO[Si](CCCCCCCCCCCS(=O)Cc1ccccc1)(OC)OC. The van der Waals surface area contributed by atoms with Gasteiger partial charge in [0.2, 0.25) is 0 Å². The van der Waals surface area contributed by atoms with Crippen LogP contribution in [0.5, 0.6) is 0 Å². The van der Waals surface area contributed by atoms with E-state index < -0.39 is 19.6 Å². The lowest BCUT2D eigenvalue weighted by atomic mass is 10.1. The highest BCUT2D eigenvalue weighted by Gasteiger charge is 2.36. The summed E-state index contributed by atoms with van der Waals surface area (Å²) in [6.07, 6.45) is 11.0. The Morgan fingerprint density at radius 3 is 1.74 bits per heavy atom. The normalized spacial score (nSPS) is 13.0. The predicted molar refractivity (Wildman–Crippen MR) is 116 cm³/mol. The summed E-state index contributed by atoms with van der Waals surface area (Å²) >= 11 is 0. The fourth-order valence-corrected chi connectivity index (χ4v) is 6.26. The van der Waals surface area contributed by atoms with Crippen LogP contribution in [0.2, 0.25) is 6.04 Å². The molecular formula is C21H38O4SSi. The van der Waals surface area contributed by atoms with E-state index in [2.05, 4.69) is 12.1 Å². The maximum Gasteiger partial charge on any atom is 0.500 e. The first-order valence-corrected chi connectivity index (χ1v) is 13.6. The van der Waals surface area contributed by atoms with Crippen LogP contribution in [0.25, 0.3) is 0 Å². The minimum absolute atomic E-state index is 0.695. The van der Waals surface area contributed by atoms with Gasteiger partial charge in [0.1, 0.15) is 0 Å². The summed E-state index contributed by atoms with van der Waals surface area (Å²) in [5.74, 6) is 1.53. The van der Waals surface area contributed by atoms with Crippen LogP contribution in [0, 0.1) is 0 Å². The van der Waals surface area contributed by atoms with Crippen LogP contribution in [-0.4, -0.2) is 40.1 Å². The van der Waals surface area contributed by atoms with Crippen molar-refractivity contribution in [3.05, 3.63) is 35.9 Å². The van der Waals surface area contributed by atoms with Gasteiger partial charge in [0.05, 0.1) is 0 Å². The molecule has 0 aliphatic heterocycles. The summed E-state index contributed by atoms with van der Waals surface area (Å²) < 4.78 is 28.4. The monoisotopic (exact) mass is 414 g/mol. The first-order valence-electron chi connectivity index (χ1n) is 10.2. The summed E-state index contributed by atoms with van der Waals surface area (Å²) in [6.45, 7) is 0. The quantitative estimate of drug-likeness (QED) is 0.255. The lowest BCUT2D eigenvalue weighted by Crippen LogP contribution is -2.42. The molecule has 0 radical (unpaired) electrons. The topological polar surface area (TPSA) is 44.8 Å². The van der Waals surface area contributed by atoms with Crippen LogP contribution in [0.15, 0.2) is 30.3 Å². The molecular weight excluding hydrogens is 376 g/mol. The van der Waals surface area contributed by atoms with Gasteiger partial charge in [0.25, 0.3) is 0 Å². The van der Waals surface area contributed by atoms with Crippen molar-refractivity contribution in [1.82, 2.24) is 0 Å². The molecule has 0 N–H and O–H groups in total. The summed E-state index contributed by atoms with van der Waals surface area (Å²) in [4.78, 5) is 0. The van der Waals surface area contributed by atoms with Gasteiger partial charge in [-0.05, 0) is 18.4 Å². The highest BCUT2D eigenvalue weighted by molar-refractivity contribution is 7.84. The molecule has 0 aliphatic rings. The standard InChI is InChI=1S/C21H38O4SSi/c1-23-27(24-2,25-3)19-15-10-8-6-4-5-7-9-14-18-26(22)20-21-16-12-11-13-17-21/h11-13,16-17H,4-10,14-15,18-20H2,1-3H3. The minimum atomic E-state index is -2.37. The van der Waals surface area contributed by atoms with Crippen molar-refractivity contribution in [3.8, 4) is 0 Å². The zero-order valence-corrected chi connectivity index (χ0v) is 19.2. The molecule has 0 aromatic heterocycles. The second-order valence-electron chi connectivity index (χ2n) is 7.00. The van der Waals surface area contributed by atoms with Gasteiger partial charge in [-0.25, -0.2) is 0 Å². The van der Waals surface area contributed by atoms with Crippen molar-refractivity contribution in [2.75, 3.05) is 27.1 Å². The highest BCUT2D eigenvalue weighted by atomic mass is 32.2. The zero-order chi connectivity index (χ0) is 19.8. The molecule has 0 spiro atoms. The summed E-state index contributed by atoms with van der Waals surface area (Å²) in [6, 6.07) is 11.0. The fraction of sp³-hybridized carbons (Fsp3) is 0.714. The molecule has 6 heteroatoms. The Kier molecular flexibility index (Phi) is 14.0. The molecule has 0 fully saturated rings. The second kappa shape index (κ2) is 15.4. The molecule has 1 rings (SSSR count). The third kappa shape index (κ3) is 11.1. The Bertz CT molecular complexity index is 486. The van der Waals surface area contributed by atoms with E-state index >= 15 is 0 Å². The van der Waals surface area contributed by atoms with Crippen LogP contribution in [0.4, 0.5) is 0 Å². The van der Waals surface area contributed by atoms with E-state index in [9.17, 15) is 4.21 Å². The van der Waals surface area contributed by atoms with Gasteiger partial charge in [-0.2, -0.15) is 0 Å². The molecule has 0 saturated heterocycles. The molecule has 1 unspecified atom stereocenters. The van der Waals surface area contributed by atoms with Crippen LogP contribution in [0.1, 0.15) is 63.4 Å². The lowest BCUT2D eigenvalue weighted by molar-refractivity contribution is 0.122. The van der Waals surface area contributed by atoms with Crippen LogP contribution < -0.4 is 0 Å². The zero-order valence-electron chi connectivity index (χ0n) is 17.4. The highest BCUT2D eigenvalue weighted by Crippen LogP contribution is 2.18. The Morgan fingerprint density at radius 2 is 1.22 bits per heavy atom. The van der Waals surface area contributed by atoms with E-state index in [4.69, 9.17) is 13.3 Å². The third-order valence-electron chi connectivity index (χ3n) is 4.96. The Morgan fingerprint density at radius 1 is 0.741 bits per heavy atom. The fourth-order valence-electron chi connectivity index (χ4n) is 3.23. The van der Waals surface area contributed by atoms with Gasteiger partial charge in [0.15, 0.2) is 0 Å². The van der Waals surface area contributed by atoms with Gasteiger partial charge >= 0.3 is 8.80 Å². The average Bonchev–Trinajstić information content (AvgIpc) is 2.70. The largest absolute Gasteiger partial charge is 0.500 e. The van der Waals surface area contributed by atoms with E-state index in [1.165, 1.54) is 50.5 Å². The van der Waals surface area contributed by atoms with Crippen molar-refractivity contribution in [3.63, 3.8) is 0 Å². The minimum Gasteiger partial charge on any atom is -0.377 e. The molecule has 1 aromatic carbocycles. The van der Waals surface area contributed by atoms with E-state index in [1.807, 2.05) is 18.2 Å². The maximum absolute atomic E-state index is 12.1. The number of unbranched alkanes of at least 4 members (excludes halogenated alkanes) is 8. The average molecular weight is 415 g/mol. The number of hydrogen-bond donors (Lipinski definition) is 0. The van der Waals surface area contributed by atoms with Crippen LogP contribution in [0.3, 0.4) is 0 Å². The van der Waals surface area contributed by atoms with Crippen LogP contribution in [-0.2, 0) is 29.8 Å². The Labute approximate surface area is 169 Å². The summed E-state index contributed by atoms with van der Waals surface area (Å²) in [5, 5.41) is 0. The van der Waals surface area contributed by atoms with Gasteiger partial charge in [-0.15, -0.1) is 0 Å². The van der Waals surface area contributed by atoms with E-state index in [0.29, 0.717) is 5.75 Å². The molecule has 0 saturated carbocycles. The molecule has 0 bridgehead atoms. The molecule has 156 valence electrons. The number of benzene rings is 1. The molecule has 1 aromatic rings. The van der Waals surface area contributed by atoms with Crippen molar-refractivity contribution < 1.29 is 17.5 Å². The van der Waals surface area contributed by atoms with Crippen molar-refractivity contribution in [1.29, 1.82) is 0 Å². The molecule has 0 aliphatic carbocycles. The smallest absolute Gasteiger partial charge is 0.377 e. The first kappa shape index (κ1) is 24.5. The summed E-state index contributed by atoms with van der Waals surface area (Å²) in [5.41, 5.74) is 1.18. The third-order valence-corrected chi connectivity index (χ3v) is 9.19. The number of hydrogen-bond acceptors (Lipinski definition) is 4. The van der Waals surface area contributed by atoms with Gasteiger partial charge in [0, 0.05) is 49.7 Å². The number of rotatable bonds is 17. The predicted octanol–water partition coefficient (Wildman–Crippen LogP) is 5.32. The lowest BCUT2D eigenvalue weighted by Gasteiger charge is -2.24. The van der Waals surface area contributed by atoms with Crippen molar-refractivity contribution >= 4 is 19.6 Å². The van der Waals surface area contributed by atoms with E-state index in [-0.39, 0.29) is 0 Å². The van der Waals surface area contributed by atoms with Crippen molar-refractivity contribution in [2.45, 2.75) is 69.6 Å². The molecule has 0 heterocycles. The van der Waals surface area contributed by atoms with Gasteiger partial charge in [-0.1, -0.05) is 75.3 Å². The van der Waals surface area contributed by atoms with Crippen LogP contribution >= 0.6 is 0 Å². The molecule has 27 heavy (non-hydrogen) atoms. The molecule has 4 nitrogen and oxygen atoms in total. The first-order chi connectivity index (χ1) is 13.2. The van der Waals surface area contributed by atoms with E-state index in [0.717, 1.165) is 24.6 Å². The molecule has 1 atom stereocenters. The van der Waals surface area contributed by atoms with Crippen molar-refractivity contribution in [2.24, 2.45) is 0 Å². The van der Waals surface area contributed by atoms with Gasteiger partial charge in [-0.3, -0.25) is 4.21 Å². The Hall–Kier alpha value is -0.533. The second-order valence-corrected chi connectivity index (χ2v) is 11.7. The van der Waals surface area contributed by atoms with E-state index in [1.54, 1.807) is 21.3 Å². The van der Waals surface area contributed by atoms with Gasteiger partial charge < -0.3 is 13.3 Å².